The molecule has 1 amide bonds. The summed E-state index contributed by atoms with van der Waals surface area (Å²) in [6.07, 6.45) is 0. The molecule has 0 radical (unpaired) electrons. The van der Waals surface area contributed by atoms with Gasteiger partial charge < -0.3 is 10.4 Å². The number of hydrogen-bond acceptors (Lipinski definition) is 6. The van der Waals surface area contributed by atoms with Crippen LogP contribution in [0.2, 0.25) is 0 Å². The number of nitrogens with zero attached hydrogens (tertiary/aromatic N) is 3. The summed E-state index contributed by atoms with van der Waals surface area (Å²) in [7, 11) is 2.62. The van der Waals surface area contributed by atoms with Crippen LogP contribution in [-0.4, -0.2) is 30.9 Å². The normalized spacial score (nSPS) is 11.4. The van der Waals surface area contributed by atoms with Gasteiger partial charge in [0.25, 0.3) is 5.56 Å². The third kappa shape index (κ3) is 5.14. The van der Waals surface area contributed by atoms with Crippen LogP contribution in [0.25, 0.3) is 0 Å². The highest BCUT2D eigenvalue weighted by Gasteiger charge is 2.22. The number of amides is 1. The van der Waals surface area contributed by atoms with Crippen molar-refractivity contribution in [3.8, 4) is 5.88 Å². The second kappa shape index (κ2) is 9.65. The molecule has 0 unspecified atom stereocenters. The van der Waals surface area contributed by atoms with Crippen LogP contribution in [0, 0.1) is 12.7 Å². The molecule has 0 bridgehead atoms. The van der Waals surface area contributed by atoms with Crippen molar-refractivity contribution in [3.63, 3.8) is 0 Å². The zero-order valence-electron chi connectivity index (χ0n) is 17.6. The summed E-state index contributed by atoms with van der Waals surface area (Å²) >= 11 is 0.931. The van der Waals surface area contributed by atoms with Crippen molar-refractivity contribution in [2.75, 3.05) is 11.1 Å². The summed E-state index contributed by atoms with van der Waals surface area (Å²) < 4.78 is 14.8. The molecule has 1 aromatic heterocycles. The van der Waals surface area contributed by atoms with E-state index in [1.54, 1.807) is 12.1 Å². The van der Waals surface area contributed by atoms with E-state index in [4.69, 9.17) is 0 Å². The summed E-state index contributed by atoms with van der Waals surface area (Å²) in [5.41, 5.74) is 0.322. The highest BCUT2D eigenvalue weighted by molar-refractivity contribution is 8.15. The van der Waals surface area contributed by atoms with E-state index in [2.05, 4.69) is 10.3 Å². The lowest BCUT2D eigenvalue weighted by Gasteiger charge is -2.12. The Kier molecular flexibility index (Phi) is 6.94. The van der Waals surface area contributed by atoms with Crippen molar-refractivity contribution >= 4 is 34.1 Å². The van der Waals surface area contributed by atoms with Gasteiger partial charge in [-0.15, -0.1) is 0 Å². The number of aromatic hydroxyl groups is 1. The van der Waals surface area contributed by atoms with Crippen LogP contribution in [0.3, 0.4) is 0 Å². The van der Waals surface area contributed by atoms with Gasteiger partial charge in [0.2, 0.25) is 11.8 Å². The van der Waals surface area contributed by atoms with Crippen LogP contribution >= 0.6 is 11.8 Å². The summed E-state index contributed by atoms with van der Waals surface area (Å²) in [6.45, 7) is 1.91. The van der Waals surface area contributed by atoms with E-state index in [1.165, 1.54) is 38.4 Å². The first-order chi connectivity index (χ1) is 15.2. The van der Waals surface area contributed by atoms with Gasteiger partial charge in [0.1, 0.15) is 16.4 Å². The molecule has 8 nitrogen and oxygen atoms in total. The number of carbonyl (C=O) groups excluding carboxylic acids is 1. The van der Waals surface area contributed by atoms with E-state index in [9.17, 15) is 23.9 Å². The van der Waals surface area contributed by atoms with Gasteiger partial charge >= 0.3 is 5.69 Å². The van der Waals surface area contributed by atoms with E-state index >= 15 is 0 Å². The van der Waals surface area contributed by atoms with E-state index in [0.29, 0.717) is 11.4 Å². The molecule has 166 valence electrons. The molecule has 2 N–H and O–H groups in total. The molecule has 0 atom stereocenters. The number of rotatable bonds is 5. The third-order valence-corrected chi connectivity index (χ3v) is 5.56. The minimum Gasteiger partial charge on any atom is -0.494 e. The summed E-state index contributed by atoms with van der Waals surface area (Å²) in [6, 6.07) is 12.4. The van der Waals surface area contributed by atoms with Gasteiger partial charge in [0.05, 0.1) is 11.4 Å². The van der Waals surface area contributed by atoms with Crippen molar-refractivity contribution in [2.24, 2.45) is 19.1 Å². The summed E-state index contributed by atoms with van der Waals surface area (Å²) in [5, 5.41) is 13.2. The highest BCUT2D eigenvalue weighted by Crippen LogP contribution is 2.23. The average molecular weight is 456 g/mol. The molecule has 32 heavy (non-hydrogen) atoms. The monoisotopic (exact) mass is 456 g/mol. The maximum absolute atomic E-state index is 13.1. The first-order valence-electron chi connectivity index (χ1n) is 9.50. The standard InChI is InChI=1S/C22H21FN4O4S/c1-13-4-8-16(9-5-13)25-19(18-20(29)26(2)22(31)27(3)21(18)30)32-12-17(28)24-15-10-6-14(23)7-11-15/h4-11,29H,12H2,1-3H3,(H,24,28). The Morgan fingerprint density at radius 2 is 1.69 bits per heavy atom. The highest BCUT2D eigenvalue weighted by atomic mass is 32.2. The fourth-order valence-electron chi connectivity index (χ4n) is 2.78. The van der Waals surface area contributed by atoms with Crippen LogP contribution in [0.5, 0.6) is 5.88 Å². The van der Waals surface area contributed by atoms with Crippen molar-refractivity contribution in [2.45, 2.75) is 6.92 Å². The average Bonchev–Trinajstić information content (AvgIpc) is 2.77. The maximum atomic E-state index is 13.1. The zero-order chi connectivity index (χ0) is 23.4. The van der Waals surface area contributed by atoms with Crippen molar-refractivity contribution in [1.29, 1.82) is 0 Å². The summed E-state index contributed by atoms with van der Waals surface area (Å²) in [4.78, 5) is 41.7. The molecule has 0 saturated heterocycles. The molecule has 2 aromatic carbocycles. The first-order valence-corrected chi connectivity index (χ1v) is 10.5. The molecule has 0 aliphatic heterocycles. The fraction of sp³-hybridized carbons (Fsp3) is 0.182. The molecule has 0 saturated carbocycles. The summed E-state index contributed by atoms with van der Waals surface area (Å²) in [5.74, 6) is -1.53. The Balaban J connectivity index is 1.96. The molecule has 0 fully saturated rings. The smallest absolute Gasteiger partial charge is 0.333 e. The largest absolute Gasteiger partial charge is 0.494 e. The minimum atomic E-state index is -0.733. The van der Waals surface area contributed by atoms with Crippen LogP contribution in [-0.2, 0) is 18.9 Å². The van der Waals surface area contributed by atoms with Gasteiger partial charge in [-0.25, -0.2) is 14.2 Å². The van der Waals surface area contributed by atoms with Gasteiger partial charge in [0, 0.05) is 19.8 Å². The molecule has 0 spiro atoms. The Morgan fingerprint density at radius 1 is 1.06 bits per heavy atom. The quantitative estimate of drug-likeness (QED) is 0.454. The Morgan fingerprint density at radius 3 is 2.31 bits per heavy atom. The number of benzene rings is 2. The predicted octanol–water partition coefficient (Wildman–Crippen LogP) is 2.69. The molecule has 0 aliphatic carbocycles. The SMILES string of the molecule is Cc1ccc(N=C(SCC(=O)Nc2ccc(F)cc2)c2c(O)n(C)c(=O)n(C)c2=O)cc1. The zero-order valence-corrected chi connectivity index (χ0v) is 18.4. The molecule has 10 heteroatoms. The number of hydrogen-bond donors (Lipinski definition) is 2. The first kappa shape index (κ1) is 23.0. The van der Waals surface area contributed by atoms with Crippen LogP contribution in [0.4, 0.5) is 15.8 Å². The number of nitrogens with one attached hydrogen (secondary N) is 1. The van der Waals surface area contributed by atoms with Crippen molar-refractivity contribution in [1.82, 2.24) is 9.13 Å². The second-order valence-corrected chi connectivity index (χ2v) is 7.96. The maximum Gasteiger partial charge on any atom is 0.333 e. The number of aryl methyl sites for hydroxylation is 1. The lowest BCUT2D eigenvalue weighted by atomic mass is 10.2. The topological polar surface area (TPSA) is 106 Å². The van der Waals surface area contributed by atoms with Gasteiger partial charge in [-0.3, -0.25) is 18.7 Å². The van der Waals surface area contributed by atoms with Gasteiger partial charge in [-0.1, -0.05) is 29.5 Å². The molecular weight excluding hydrogens is 435 g/mol. The lowest BCUT2D eigenvalue weighted by molar-refractivity contribution is -0.113. The predicted molar refractivity (Wildman–Crippen MR) is 123 cm³/mol. The van der Waals surface area contributed by atoms with E-state index in [-0.39, 0.29) is 16.4 Å². The third-order valence-electron chi connectivity index (χ3n) is 4.58. The number of aromatic nitrogens is 2. The molecule has 0 aliphatic rings. The van der Waals surface area contributed by atoms with Crippen LogP contribution < -0.4 is 16.6 Å². The Hall–Kier alpha value is -3.66. The lowest BCUT2D eigenvalue weighted by Crippen LogP contribution is -2.39. The second-order valence-electron chi connectivity index (χ2n) is 7.00. The molecular formula is C22H21FN4O4S. The van der Waals surface area contributed by atoms with Crippen molar-refractivity contribution < 1.29 is 14.3 Å². The molecule has 1 heterocycles. The van der Waals surface area contributed by atoms with E-state index in [0.717, 1.165) is 26.5 Å². The van der Waals surface area contributed by atoms with Crippen molar-refractivity contribution in [3.05, 3.63) is 86.3 Å². The minimum absolute atomic E-state index is 0.0804. The van der Waals surface area contributed by atoms with E-state index < -0.39 is 28.9 Å². The van der Waals surface area contributed by atoms with Gasteiger partial charge in [-0.05, 0) is 43.3 Å². The fourth-order valence-corrected chi connectivity index (χ4v) is 3.61. The van der Waals surface area contributed by atoms with Crippen LogP contribution in [0.15, 0.2) is 63.1 Å². The van der Waals surface area contributed by atoms with Gasteiger partial charge in [-0.2, -0.15) is 0 Å². The Labute approximate surface area is 187 Å². The van der Waals surface area contributed by atoms with Crippen LogP contribution in [0.1, 0.15) is 11.1 Å². The van der Waals surface area contributed by atoms with Gasteiger partial charge in [0.15, 0.2) is 0 Å². The number of thioether (sulfide) groups is 1. The number of aliphatic imine (C=N–C) groups is 1. The number of anilines is 1. The number of carbonyl (C=O) groups is 1. The molecule has 3 aromatic rings. The molecule has 3 rings (SSSR count). The number of halogens is 1. The van der Waals surface area contributed by atoms with E-state index in [1.807, 2.05) is 19.1 Å². The Bertz CT molecular complexity index is 1300.